The molecule has 94 valence electrons. The first-order valence-electron chi connectivity index (χ1n) is 5.91. The molecule has 3 nitrogen and oxygen atoms in total. The van der Waals surface area contributed by atoms with Gasteiger partial charge in [0.2, 0.25) is 0 Å². The maximum Gasteiger partial charge on any atom is 0.128 e. The van der Waals surface area contributed by atoms with Gasteiger partial charge in [-0.2, -0.15) is 0 Å². The van der Waals surface area contributed by atoms with Crippen LogP contribution in [0.3, 0.4) is 0 Å². The van der Waals surface area contributed by atoms with Crippen molar-refractivity contribution in [2.24, 2.45) is 5.73 Å². The predicted molar refractivity (Wildman–Crippen MR) is 65.4 cm³/mol. The molecule has 0 saturated heterocycles. The third-order valence-corrected chi connectivity index (χ3v) is 3.44. The van der Waals surface area contributed by atoms with Crippen molar-refractivity contribution < 1.29 is 9.13 Å². The van der Waals surface area contributed by atoms with Gasteiger partial charge in [0.1, 0.15) is 11.6 Å². The van der Waals surface area contributed by atoms with Crippen molar-refractivity contribution >= 4 is 0 Å². The Labute approximate surface area is 101 Å². The molecule has 0 bridgehead atoms. The van der Waals surface area contributed by atoms with Crippen LogP contribution in [0.4, 0.5) is 4.39 Å². The molecule has 1 aromatic rings. The number of hydrogen-bond acceptors (Lipinski definition) is 3. The van der Waals surface area contributed by atoms with Crippen LogP contribution in [-0.4, -0.2) is 24.6 Å². The number of benzene rings is 1. The number of fused-ring (bicyclic) bond motifs is 1. The number of methoxy groups -OCH3 is 1. The standard InChI is InChI=1S/C13H19FN2O/c1-8(2)16-7-9-12(17-3)5-4-10(14)13(9)11(16)6-15/h4-5,8,11H,6-7,15H2,1-3H3. The highest BCUT2D eigenvalue weighted by molar-refractivity contribution is 5.46. The summed E-state index contributed by atoms with van der Waals surface area (Å²) in [5, 5.41) is 0. The molecule has 0 radical (unpaired) electrons. The second-order valence-electron chi connectivity index (χ2n) is 4.66. The molecular formula is C13H19FN2O. The van der Waals surface area contributed by atoms with Crippen LogP contribution >= 0.6 is 0 Å². The fourth-order valence-corrected chi connectivity index (χ4v) is 2.59. The lowest BCUT2D eigenvalue weighted by molar-refractivity contribution is 0.170. The van der Waals surface area contributed by atoms with Crippen LogP contribution in [0.5, 0.6) is 5.75 Å². The average Bonchev–Trinajstić information content (AvgIpc) is 2.70. The summed E-state index contributed by atoms with van der Waals surface area (Å²) in [4.78, 5) is 2.20. The Morgan fingerprint density at radius 3 is 2.76 bits per heavy atom. The molecule has 0 fully saturated rings. The SMILES string of the molecule is COc1ccc(F)c2c1CN(C(C)C)C2CN. The van der Waals surface area contributed by atoms with Crippen LogP contribution in [0.25, 0.3) is 0 Å². The van der Waals surface area contributed by atoms with E-state index in [1.165, 1.54) is 6.07 Å². The summed E-state index contributed by atoms with van der Waals surface area (Å²) in [5.74, 6) is 0.572. The molecule has 4 heteroatoms. The molecule has 1 aliphatic heterocycles. The van der Waals surface area contributed by atoms with Gasteiger partial charge in [-0.1, -0.05) is 0 Å². The van der Waals surface area contributed by atoms with Gasteiger partial charge in [0.15, 0.2) is 0 Å². The largest absolute Gasteiger partial charge is 0.496 e. The first-order chi connectivity index (χ1) is 8.10. The topological polar surface area (TPSA) is 38.5 Å². The molecule has 0 aromatic heterocycles. The smallest absolute Gasteiger partial charge is 0.128 e. The average molecular weight is 238 g/mol. The van der Waals surface area contributed by atoms with E-state index in [-0.39, 0.29) is 11.9 Å². The quantitative estimate of drug-likeness (QED) is 0.876. The van der Waals surface area contributed by atoms with Crippen LogP contribution in [0.1, 0.15) is 31.0 Å². The van der Waals surface area contributed by atoms with Crippen LogP contribution in [0.2, 0.25) is 0 Å². The van der Waals surface area contributed by atoms with Crippen LogP contribution in [0, 0.1) is 5.82 Å². The maximum absolute atomic E-state index is 13.9. The Morgan fingerprint density at radius 2 is 2.24 bits per heavy atom. The molecule has 0 aliphatic carbocycles. The van der Waals surface area contributed by atoms with Crippen molar-refractivity contribution in [1.82, 2.24) is 4.90 Å². The molecule has 1 aromatic carbocycles. The number of nitrogens with zero attached hydrogens (tertiary/aromatic N) is 1. The summed E-state index contributed by atoms with van der Waals surface area (Å²) in [5.41, 5.74) is 7.44. The zero-order valence-corrected chi connectivity index (χ0v) is 10.5. The fraction of sp³-hybridized carbons (Fsp3) is 0.538. The number of halogens is 1. The third-order valence-electron chi connectivity index (χ3n) is 3.44. The van der Waals surface area contributed by atoms with E-state index in [4.69, 9.17) is 10.5 Å². The van der Waals surface area contributed by atoms with E-state index in [0.29, 0.717) is 24.7 Å². The van der Waals surface area contributed by atoms with Crippen LogP contribution < -0.4 is 10.5 Å². The van der Waals surface area contributed by atoms with Gasteiger partial charge in [0.05, 0.1) is 13.2 Å². The van der Waals surface area contributed by atoms with Crippen molar-refractivity contribution in [3.63, 3.8) is 0 Å². The summed E-state index contributed by atoms with van der Waals surface area (Å²) < 4.78 is 19.2. The van der Waals surface area contributed by atoms with Crippen LogP contribution in [0.15, 0.2) is 12.1 Å². The minimum atomic E-state index is -0.181. The van der Waals surface area contributed by atoms with Gasteiger partial charge >= 0.3 is 0 Å². The fourth-order valence-electron chi connectivity index (χ4n) is 2.59. The number of nitrogens with two attached hydrogens (primary N) is 1. The van der Waals surface area contributed by atoms with Gasteiger partial charge in [-0.25, -0.2) is 4.39 Å². The molecule has 2 N–H and O–H groups in total. The van der Waals surface area contributed by atoms with Gasteiger partial charge in [-0.05, 0) is 26.0 Å². The number of rotatable bonds is 3. The molecule has 1 aliphatic rings. The number of hydrogen-bond donors (Lipinski definition) is 1. The molecule has 1 unspecified atom stereocenters. The summed E-state index contributed by atoms with van der Waals surface area (Å²) in [7, 11) is 1.61. The molecule has 1 atom stereocenters. The van der Waals surface area contributed by atoms with Gasteiger partial charge in [-0.3, -0.25) is 4.90 Å². The Hall–Kier alpha value is -1.13. The van der Waals surface area contributed by atoms with E-state index in [9.17, 15) is 4.39 Å². The first kappa shape index (κ1) is 12.3. The zero-order valence-electron chi connectivity index (χ0n) is 10.5. The second-order valence-corrected chi connectivity index (χ2v) is 4.66. The lowest BCUT2D eigenvalue weighted by atomic mass is 10.0. The Bertz CT molecular complexity index is 420. The van der Waals surface area contributed by atoms with E-state index < -0.39 is 0 Å². The van der Waals surface area contributed by atoms with E-state index >= 15 is 0 Å². The van der Waals surface area contributed by atoms with Gasteiger partial charge in [0, 0.05) is 30.3 Å². The van der Waals surface area contributed by atoms with Crippen LogP contribution in [-0.2, 0) is 6.54 Å². The second kappa shape index (κ2) is 4.63. The van der Waals surface area contributed by atoms with E-state index in [1.807, 2.05) is 0 Å². The minimum Gasteiger partial charge on any atom is -0.496 e. The minimum absolute atomic E-state index is 0.0416. The van der Waals surface area contributed by atoms with Crippen molar-refractivity contribution in [3.8, 4) is 5.75 Å². The van der Waals surface area contributed by atoms with E-state index in [1.54, 1.807) is 13.2 Å². The zero-order chi connectivity index (χ0) is 12.6. The third kappa shape index (κ3) is 1.91. The van der Waals surface area contributed by atoms with Gasteiger partial charge in [-0.15, -0.1) is 0 Å². The normalized spacial score (nSPS) is 19.8. The van der Waals surface area contributed by atoms with E-state index in [2.05, 4.69) is 18.7 Å². The monoisotopic (exact) mass is 238 g/mol. The highest BCUT2D eigenvalue weighted by atomic mass is 19.1. The molecule has 0 saturated carbocycles. The molecule has 2 rings (SSSR count). The lowest BCUT2D eigenvalue weighted by Crippen LogP contribution is -2.33. The Balaban J connectivity index is 2.51. The Kier molecular flexibility index (Phi) is 3.35. The van der Waals surface area contributed by atoms with Crippen molar-refractivity contribution in [2.45, 2.75) is 32.5 Å². The maximum atomic E-state index is 13.9. The predicted octanol–water partition coefficient (Wildman–Crippen LogP) is 2.06. The first-order valence-corrected chi connectivity index (χ1v) is 5.91. The molecular weight excluding hydrogens is 219 g/mol. The number of ether oxygens (including phenoxy) is 1. The van der Waals surface area contributed by atoms with E-state index in [0.717, 1.165) is 11.3 Å². The molecule has 0 spiro atoms. The van der Waals surface area contributed by atoms with Crippen molar-refractivity contribution in [3.05, 3.63) is 29.1 Å². The highest BCUT2D eigenvalue weighted by Gasteiger charge is 2.35. The van der Waals surface area contributed by atoms with Crippen molar-refractivity contribution in [1.29, 1.82) is 0 Å². The molecule has 17 heavy (non-hydrogen) atoms. The van der Waals surface area contributed by atoms with Gasteiger partial charge in [0.25, 0.3) is 0 Å². The molecule has 0 amide bonds. The summed E-state index contributed by atoms with van der Waals surface area (Å²) in [6, 6.07) is 3.44. The lowest BCUT2D eigenvalue weighted by Gasteiger charge is -2.27. The summed E-state index contributed by atoms with van der Waals surface area (Å²) in [6.07, 6.45) is 0. The van der Waals surface area contributed by atoms with Gasteiger partial charge < -0.3 is 10.5 Å². The highest BCUT2D eigenvalue weighted by Crippen LogP contribution is 2.40. The summed E-state index contributed by atoms with van der Waals surface area (Å²) >= 11 is 0. The summed E-state index contributed by atoms with van der Waals surface area (Å²) in [6.45, 7) is 5.32. The molecule has 1 heterocycles. The Morgan fingerprint density at radius 1 is 1.53 bits per heavy atom. The van der Waals surface area contributed by atoms with Crippen molar-refractivity contribution in [2.75, 3.05) is 13.7 Å².